The van der Waals surface area contributed by atoms with Gasteiger partial charge in [0, 0.05) is 23.9 Å². The summed E-state index contributed by atoms with van der Waals surface area (Å²) in [5.74, 6) is 0.753. The molecule has 2 aromatic carbocycles. The summed E-state index contributed by atoms with van der Waals surface area (Å²) >= 11 is 0. The van der Waals surface area contributed by atoms with E-state index in [1.807, 2.05) is 24.3 Å². The number of amides is 1. The van der Waals surface area contributed by atoms with Crippen molar-refractivity contribution >= 4 is 27.3 Å². The van der Waals surface area contributed by atoms with Gasteiger partial charge in [-0.2, -0.15) is 4.98 Å². The maximum absolute atomic E-state index is 11.2. The molecule has 0 saturated heterocycles. The van der Waals surface area contributed by atoms with Crippen molar-refractivity contribution in [3.05, 3.63) is 60.0 Å². The number of anilines is 2. The van der Waals surface area contributed by atoms with E-state index < -0.39 is 10.0 Å². The van der Waals surface area contributed by atoms with Gasteiger partial charge < -0.3 is 9.84 Å². The normalized spacial score (nSPS) is 11.2. The molecule has 0 unspecified atom stereocenters. The molecule has 1 amide bonds. The number of aromatic nitrogens is 2. The number of hydrogen-bond acceptors (Lipinski definition) is 6. The van der Waals surface area contributed by atoms with E-state index in [0.717, 1.165) is 17.5 Å². The van der Waals surface area contributed by atoms with Gasteiger partial charge in [0.2, 0.25) is 27.6 Å². The summed E-state index contributed by atoms with van der Waals surface area (Å²) in [7, 11) is -3.32. The maximum Gasteiger partial charge on any atom is 0.231 e. The first kappa shape index (κ1) is 18.6. The molecular weight excluding hydrogens is 368 g/mol. The fourth-order valence-corrected chi connectivity index (χ4v) is 2.99. The minimum Gasteiger partial charge on any atom is -0.339 e. The lowest BCUT2D eigenvalue weighted by Gasteiger charge is -2.03. The Balaban J connectivity index is 1.68. The number of hydrogen-bond donors (Lipinski definition) is 2. The second-order valence-electron chi connectivity index (χ2n) is 6.02. The molecule has 0 spiro atoms. The molecule has 140 valence electrons. The Hall–Kier alpha value is -3.20. The maximum atomic E-state index is 11.2. The Labute approximate surface area is 156 Å². The van der Waals surface area contributed by atoms with Crippen molar-refractivity contribution in [3.63, 3.8) is 0 Å². The molecule has 0 aliphatic heterocycles. The summed E-state index contributed by atoms with van der Waals surface area (Å²) in [6, 6.07) is 14.1. The summed E-state index contributed by atoms with van der Waals surface area (Å²) in [4.78, 5) is 15.4. The van der Waals surface area contributed by atoms with Gasteiger partial charge in [0.05, 0.1) is 12.7 Å². The third-order valence-electron chi connectivity index (χ3n) is 3.54. The molecule has 1 heterocycles. The van der Waals surface area contributed by atoms with Crippen LogP contribution >= 0.6 is 0 Å². The highest BCUT2D eigenvalue weighted by Crippen LogP contribution is 2.20. The minimum atomic E-state index is -3.32. The van der Waals surface area contributed by atoms with Crippen molar-refractivity contribution in [1.82, 2.24) is 10.1 Å². The van der Waals surface area contributed by atoms with Gasteiger partial charge in [-0.05, 0) is 42.0 Å². The van der Waals surface area contributed by atoms with Gasteiger partial charge in [0.15, 0.2) is 0 Å². The van der Waals surface area contributed by atoms with Gasteiger partial charge in [-0.1, -0.05) is 17.3 Å². The van der Waals surface area contributed by atoms with Crippen LogP contribution in [0.4, 0.5) is 11.4 Å². The highest BCUT2D eigenvalue weighted by atomic mass is 32.2. The van der Waals surface area contributed by atoms with Crippen molar-refractivity contribution in [1.29, 1.82) is 0 Å². The number of rotatable bonds is 6. The number of carbonyl (C=O) groups is 1. The monoisotopic (exact) mass is 386 g/mol. The van der Waals surface area contributed by atoms with E-state index in [4.69, 9.17) is 4.52 Å². The topological polar surface area (TPSA) is 114 Å². The van der Waals surface area contributed by atoms with Crippen LogP contribution in [0.15, 0.2) is 53.1 Å². The average Bonchev–Trinajstić information content (AvgIpc) is 3.04. The average molecular weight is 386 g/mol. The van der Waals surface area contributed by atoms with E-state index in [2.05, 4.69) is 20.2 Å². The van der Waals surface area contributed by atoms with E-state index in [1.165, 1.54) is 6.92 Å². The Morgan fingerprint density at radius 1 is 1.04 bits per heavy atom. The number of nitrogens with zero attached hydrogens (tertiary/aromatic N) is 2. The summed E-state index contributed by atoms with van der Waals surface area (Å²) in [6.07, 6.45) is 1.55. The molecule has 8 nitrogen and oxygen atoms in total. The van der Waals surface area contributed by atoms with Crippen LogP contribution in [0, 0.1) is 0 Å². The molecule has 0 bridgehead atoms. The van der Waals surface area contributed by atoms with Crippen LogP contribution in [0.5, 0.6) is 0 Å². The van der Waals surface area contributed by atoms with Crippen LogP contribution in [0.25, 0.3) is 11.4 Å². The van der Waals surface area contributed by atoms with Gasteiger partial charge in [-0.3, -0.25) is 9.52 Å². The number of sulfonamides is 1. The summed E-state index contributed by atoms with van der Waals surface area (Å²) in [6.45, 7) is 1.46. The first-order valence-electron chi connectivity index (χ1n) is 8.06. The van der Waals surface area contributed by atoms with Crippen molar-refractivity contribution in [2.75, 3.05) is 16.3 Å². The molecule has 0 aliphatic carbocycles. The second kappa shape index (κ2) is 7.58. The summed E-state index contributed by atoms with van der Waals surface area (Å²) in [5.41, 5.74) is 2.86. The zero-order valence-corrected chi connectivity index (χ0v) is 15.6. The first-order chi connectivity index (χ1) is 12.8. The third kappa shape index (κ3) is 5.38. The molecule has 0 fully saturated rings. The summed E-state index contributed by atoms with van der Waals surface area (Å²) in [5, 5.41) is 6.67. The Bertz CT molecular complexity index is 1040. The fraction of sp³-hybridized carbons (Fsp3) is 0.167. The van der Waals surface area contributed by atoms with E-state index in [-0.39, 0.29) is 5.91 Å². The van der Waals surface area contributed by atoms with Crippen molar-refractivity contribution in [2.45, 2.75) is 13.3 Å². The lowest BCUT2D eigenvalue weighted by Crippen LogP contribution is -2.09. The highest BCUT2D eigenvalue weighted by Gasteiger charge is 2.10. The predicted molar refractivity (Wildman–Crippen MR) is 102 cm³/mol. The zero-order chi connectivity index (χ0) is 19.4. The number of nitrogens with one attached hydrogen (secondary N) is 2. The van der Waals surface area contributed by atoms with E-state index >= 15 is 0 Å². The lowest BCUT2D eigenvalue weighted by atomic mass is 10.1. The molecule has 2 N–H and O–H groups in total. The van der Waals surface area contributed by atoms with Gasteiger partial charge in [-0.15, -0.1) is 0 Å². The van der Waals surface area contributed by atoms with Crippen molar-refractivity contribution < 1.29 is 17.7 Å². The van der Waals surface area contributed by atoms with Crippen LogP contribution < -0.4 is 10.0 Å². The third-order valence-corrected chi connectivity index (χ3v) is 4.15. The van der Waals surface area contributed by atoms with Crippen molar-refractivity contribution in [3.8, 4) is 11.4 Å². The summed E-state index contributed by atoms with van der Waals surface area (Å²) < 4.78 is 30.2. The van der Waals surface area contributed by atoms with Crippen LogP contribution in [-0.2, 0) is 21.2 Å². The second-order valence-corrected chi connectivity index (χ2v) is 7.77. The van der Waals surface area contributed by atoms with Crippen LogP contribution in [0.3, 0.4) is 0 Å². The molecular formula is C18H18N4O4S. The number of benzene rings is 2. The van der Waals surface area contributed by atoms with Crippen LogP contribution in [-0.4, -0.2) is 30.7 Å². The molecule has 3 rings (SSSR count). The minimum absolute atomic E-state index is 0.123. The molecule has 0 saturated carbocycles. The lowest BCUT2D eigenvalue weighted by molar-refractivity contribution is -0.114. The molecule has 0 aliphatic rings. The molecule has 1 aromatic heterocycles. The van der Waals surface area contributed by atoms with Crippen LogP contribution in [0.1, 0.15) is 18.4 Å². The smallest absolute Gasteiger partial charge is 0.231 e. The van der Waals surface area contributed by atoms with Gasteiger partial charge in [-0.25, -0.2) is 8.42 Å². The van der Waals surface area contributed by atoms with Gasteiger partial charge >= 0.3 is 0 Å². The molecule has 0 radical (unpaired) electrons. The zero-order valence-electron chi connectivity index (χ0n) is 14.8. The fourth-order valence-electron chi connectivity index (χ4n) is 2.43. The van der Waals surface area contributed by atoms with E-state index in [9.17, 15) is 13.2 Å². The predicted octanol–water partition coefficient (Wildman–Crippen LogP) is 2.66. The largest absolute Gasteiger partial charge is 0.339 e. The van der Waals surface area contributed by atoms with Gasteiger partial charge in [0.1, 0.15) is 0 Å². The molecule has 9 heteroatoms. The van der Waals surface area contributed by atoms with Crippen LogP contribution in [0.2, 0.25) is 0 Å². The Kier molecular flexibility index (Phi) is 5.22. The standard InChI is InChI=1S/C18H18N4O4S/c1-12(23)19-15-7-3-13(4-8-15)11-17-20-18(21-26-17)14-5-9-16(10-6-14)22-27(2,24)25/h3-10,22H,11H2,1-2H3,(H,19,23). The molecule has 3 aromatic rings. The SMILES string of the molecule is CC(=O)Nc1ccc(Cc2nc(-c3ccc(NS(C)(=O)=O)cc3)no2)cc1. The molecule has 27 heavy (non-hydrogen) atoms. The van der Waals surface area contributed by atoms with E-state index in [1.54, 1.807) is 24.3 Å². The highest BCUT2D eigenvalue weighted by molar-refractivity contribution is 7.92. The quantitative estimate of drug-likeness (QED) is 0.673. The Morgan fingerprint density at radius 3 is 2.26 bits per heavy atom. The molecule has 0 atom stereocenters. The van der Waals surface area contributed by atoms with Gasteiger partial charge in [0.25, 0.3) is 0 Å². The van der Waals surface area contributed by atoms with Crippen molar-refractivity contribution in [2.24, 2.45) is 0 Å². The van der Waals surface area contributed by atoms with E-state index in [0.29, 0.717) is 29.4 Å². The number of carbonyl (C=O) groups excluding carboxylic acids is 1. The first-order valence-corrected chi connectivity index (χ1v) is 9.95. The Morgan fingerprint density at radius 2 is 1.67 bits per heavy atom.